The Labute approximate surface area is 85.1 Å². The van der Waals surface area contributed by atoms with Crippen molar-refractivity contribution in [2.75, 3.05) is 6.54 Å². The fraction of sp³-hybridized carbons (Fsp3) is 0.455. The summed E-state index contributed by atoms with van der Waals surface area (Å²) in [6, 6.07) is 6.18. The summed E-state index contributed by atoms with van der Waals surface area (Å²) in [6.45, 7) is 6.12. The van der Waals surface area contributed by atoms with Gasteiger partial charge in [0.05, 0.1) is 0 Å². The maximum atomic E-state index is 6.07. The number of aryl methyl sites for hydroxylation is 1. The summed E-state index contributed by atoms with van der Waals surface area (Å²) in [5.74, 6) is 0. The quantitative estimate of drug-likeness (QED) is 0.732. The zero-order valence-corrected chi connectivity index (χ0v) is 8.99. The molecule has 2 heteroatoms. The second-order valence-electron chi connectivity index (χ2n) is 3.27. The molecule has 0 fully saturated rings. The molecule has 0 aliphatic heterocycles. The van der Waals surface area contributed by atoms with Crippen molar-refractivity contribution in [3.05, 3.63) is 34.3 Å². The molecule has 72 valence electrons. The van der Waals surface area contributed by atoms with Crippen LogP contribution in [0.4, 0.5) is 0 Å². The molecule has 13 heavy (non-hydrogen) atoms. The third-order valence-corrected chi connectivity index (χ3v) is 2.30. The van der Waals surface area contributed by atoms with E-state index >= 15 is 0 Å². The molecule has 1 rings (SSSR count). The second kappa shape index (κ2) is 5.25. The topological polar surface area (TPSA) is 12.0 Å². The Kier molecular flexibility index (Phi) is 4.26. The maximum Gasteiger partial charge on any atom is 0.0453 e. The van der Waals surface area contributed by atoms with E-state index in [-0.39, 0.29) is 0 Å². The zero-order valence-electron chi connectivity index (χ0n) is 8.23. The standard InChI is InChI=1S/C11H16ClN/c1-3-6-13-8-10-5-4-9(2)7-11(10)12/h4-5,7,13H,3,6,8H2,1-2H3. The highest BCUT2D eigenvalue weighted by molar-refractivity contribution is 6.31. The van der Waals surface area contributed by atoms with Gasteiger partial charge in [0.15, 0.2) is 0 Å². The first kappa shape index (κ1) is 10.6. The second-order valence-corrected chi connectivity index (χ2v) is 3.68. The van der Waals surface area contributed by atoms with Crippen molar-refractivity contribution in [2.24, 2.45) is 0 Å². The lowest BCUT2D eigenvalue weighted by Crippen LogP contribution is -2.13. The van der Waals surface area contributed by atoms with Gasteiger partial charge < -0.3 is 5.32 Å². The largest absolute Gasteiger partial charge is 0.313 e. The molecule has 1 aromatic carbocycles. The SMILES string of the molecule is CCCNCc1ccc(C)cc1Cl. The molecule has 0 aliphatic carbocycles. The van der Waals surface area contributed by atoms with Crippen LogP contribution in [0.2, 0.25) is 5.02 Å². The van der Waals surface area contributed by atoms with Crippen LogP contribution >= 0.6 is 11.6 Å². The molecule has 0 amide bonds. The van der Waals surface area contributed by atoms with Crippen molar-refractivity contribution >= 4 is 11.6 Å². The van der Waals surface area contributed by atoms with Crippen molar-refractivity contribution in [3.63, 3.8) is 0 Å². The molecule has 0 bridgehead atoms. The van der Waals surface area contributed by atoms with Crippen molar-refractivity contribution in [2.45, 2.75) is 26.8 Å². The molecule has 0 radical (unpaired) electrons. The molecule has 1 aromatic rings. The highest BCUT2D eigenvalue weighted by Crippen LogP contribution is 2.16. The molecule has 0 atom stereocenters. The monoisotopic (exact) mass is 197 g/mol. The van der Waals surface area contributed by atoms with E-state index in [4.69, 9.17) is 11.6 Å². The van der Waals surface area contributed by atoms with E-state index in [1.54, 1.807) is 0 Å². The summed E-state index contributed by atoms with van der Waals surface area (Å²) < 4.78 is 0. The summed E-state index contributed by atoms with van der Waals surface area (Å²) in [4.78, 5) is 0. The summed E-state index contributed by atoms with van der Waals surface area (Å²) >= 11 is 6.07. The Bertz CT molecular complexity index is 271. The highest BCUT2D eigenvalue weighted by Gasteiger charge is 1.98. The molecule has 0 unspecified atom stereocenters. The van der Waals surface area contributed by atoms with Gasteiger partial charge in [0, 0.05) is 11.6 Å². The Balaban J connectivity index is 2.56. The fourth-order valence-electron chi connectivity index (χ4n) is 1.20. The molecule has 1 nitrogen and oxygen atoms in total. The van der Waals surface area contributed by atoms with Crippen molar-refractivity contribution in [1.29, 1.82) is 0 Å². The Hall–Kier alpha value is -0.530. The lowest BCUT2D eigenvalue weighted by atomic mass is 10.1. The molecule has 0 heterocycles. The number of halogens is 1. The van der Waals surface area contributed by atoms with Crippen LogP contribution in [0, 0.1) is 6.92 Å². The van der Waals surface area contributed by atoms with Gasteiger partial charge >= 0.3 is 0 Å². The van der Waals surface area contributed by atoms with Crippen molar-refractivity contribution < 1.29 is 0 Å². The molecular formula is C11H16ClN. The lowest BCUT2D eigenvalue weighted by Gasteiger charge is -2.06. The van der Waals surface area contributed by atoms with Gasteiger partial charge in [-0.2, -0.15) is 0 Å². The molecule has 1 N–H and O–H groups in total. The Morgan fingerprint density at radius 1 is 1.38 bits per heavy atom. The molecule has 0 saturated heterocycles. The normalized spacial score (nSPS) is 10.4. The number of rotatable bonds is 4. The fourth-order valence-corrected chi connectivity index (χ4v) is 1.50. The average molecular weight is 198 g/mol. The smallest absolute Gasteiger partial charge is 0.0453 e. The molecule has 0 aliphatic rings. The van der Waals surface area contributed by atoms with Crippen LogP contribution in [0.25, 0.3) is 0 Å². The first-order valence-corrected chi connectivity index (χ1v) is 5.07. The first-order valence-electron chi connectivity index (χ1n) is 4.69. The molecule has 0 saturated carbocycles. The van der Waals surface area contributed by atoms with Gasteiger partial charge in [-0.3, -0.25) is 0 Å². The van der Waals surface area contributed by atoms with Gasteiger partial charge in [-0.05, 0) is 37.1 Å². The minimum Gasteiger partial charge on any atom is -0.313 e. The van der Waals surface area contributed by atoms with Crippen LogP contribution in [0.5, 0.6) is 0 Å². The van der Waals surface area contributed by atoms with Gasteiger partial charge in [-0.1, -0.05) is 30.7 Å². The third-order valence-electron chi connectivity index (χ3n) is 1.95. The van der Waals surface area contributed by atoms with E-state index < -0.39 is 0 Å². The van der Waals surface area contributed by atoms with Crippen LogP contribution in [-0.2, 0) is 6.54 Å². The van der Waals surface area contributed by atoms with Crippen LogP contribution in [0.15, 0.2) is 18.2 Å². The van der Waals surface area contributed by atoms with Gasteiger partial charge in [0.2, 0.25) is 0 Å². The van der Waals surface area contributed by atoms with E-state index in [9.17, 15) is 0 Å². The van der Waals surface area contributed by atoms with E-state index in [1.165, 1.54) is 11.1 Å². The van der Waals surface area contributed by atoms with E-state index in [0.717, 1.165) is 24.5 Å². The van der Waals surface area contributed by atoms with Crippen molar-refractivity contribution in [3.8, 4) is 0 Å². The summed E-state index contributed by atoms with van der Waals surface area (Å²) in [6.07, 6.45) is 1.16. The van der Waals surface area contributed by atoms with E-state index in [2.05, 4.69) is 31.3 Å². The predicted molar refractivity (Wildman–Crippen MR) is 58.2 cm³/mol. The molecule has 0 aromatic heterocycles. The number of benzene rings is 1. The number of nitrogens with one attached hydrogen (secondary N) is 1. The Morgan fingerprint density at radius 2 is 2.15 bits per heavy atom. The minimum atomic E-state index is 0.864. The zero-order chi connectivity index (χ0) is 9.68. The summed E-state index contributed by atoms with van der Waals surface area (Å²) in [7, 11) is 0. The van der Waals surface area contributed by atoms with Crippen LogP contribution in [0.3, 0.4) is 0 Å². The highest BCUT2D eigenvalue weighted by atomic mass is 35.5. The van der Waals surface area contributed by atoms with Gasteiger partial charge in [0.1, 0.15) is 0 Å². The van der Waals surface area contributed by atoms with Crippen molar-refractivity contribution in [1.82, 2.24) is 5.32 Å². The van der Waals surface area contributed by atoms with E-state index in [0.29, 0.717) is 0 Å². The van der Waals surface area contributed by atoms with Crippen LogP contribution < -0.4 is 5.32 Å². The van der Waals surface area contributed by atoms with Gasteiger partial charge in [0.25, 0.3) is 0 Å². The Morgan fingerprint density at radius 3 is 2.77 bits per heavy atom. The third kappa shape index (κ3) is 3.37. The maximum absolute atomic E-state index is 6.07. The van der Waals surface area contributed by atoms with Crippen LogP contribution in [0.1, 0.15) is 24.5 Å². The summed E-state index contributed by atoms with van der Waals surface area (Å²) in [5.41, 5.74) is 2.39. The van der Waals surface area contributed by atoms with Gasteiger partial charge in [-0.25, -0.2) is 0 Å². The van der Waals surface area contributed by atoms with Crippen LogP contribution in [-0.4, -0.2) is 6.54 Å². The average Bonchev–Trinajstić information content (AvgIpc) is 2.09. The number of hydrogen-bond acceptors (Lipinski definition) is 1. The predicted octanol–water partition coefficient (Wildman–Crippen LogP) is 3.15. The lowest BCUT2D eigenvalue weighted by molar-refractivity contribution is 0.675. The van der Waals surface area contributed by atoms with E-state index in [1.807, 2.05) is 6.07 Å². The van der Waals surface area contributed by atoms with Gasteiger partial charge in [-0.15, -0.1) is 0 Å². The number of hydrogen-bond donors (Lipinski definition) is 1. The summed E-state index contributed by atoms with van der Waals surface area (Å²) in [5, 5.41) is 4.19. The molecule has 0 spiro atoms. The minimum absolute atomic E-state index is 0.864. The first-order chi connectivity index (χ1) is 6.24. The molecular weight excluding hydrogens is 182 g/mol.